The second-order valence-electron chi connectivity index (χ2n) is 4.04. The van der Waals surface area contributed by atoms with Crippen LogP contribution in [-0.4, -0.2) is 7.11 Å². The third-order valence-electron chi connectivity index (χ3n) is 2.77. The number of halogens is 1. The Kier molecular flexibility index (Phi) is 4.48. The van der Waals surface area contributed by atoms with E-state index in [0.717, 1.165) is 27.0 Å². The maximum atomic E-state index is 5.39. The van der Waals surface area contributed by atoms with Crippen LogP contribution in [0.2, 0.25) is 0 Å². The number of anilines is 1. The average Bonchev–Trinajstić information content (AvgIpc) is 2.46. The summed E-state index contributed by atoms with van der Waals surface area (Å²) in [6.45, 7) is 0.700. The number of hydrogen-bond acceptors (Lipinski definition) is 2. The molecule has 0 heterocycles. The molecule has 0 aliphatic carbocycles. The van der Waals surface area contributed by atoms with Crippen molar-refractivity contribution in [2.24, 2.45) is 0 Å². The minimum Gasteiger partial charge on any atom is -0.497 e. The van der Waals surface area contributed by atoms with E-state index in [-0.39, 0.29) is 0 Å². The molecule has 2 rings (SSSR count). The Morgan fingerprint density at radius 1 is 1.26 bits per heavy atom. The third-order valence-corrected chi connectivity index (χ3v) is 3.54. The standard InChI is InChI=1S/C16H14BrNO/c1-3-12-5-4-6-14(9-12)18-11-13-10-15(19-2)7-8-16(13)17/h1,4-10,18H,11H2,2H3. The summed E-state index contributed by atoms with van der Waals surface area (Å²) in [4.78, 5) is 0. The van der Waals surface area contributed by atoms with E-state index in [1.54, 1.807) is 7.11 Å². The number of methoxy groups -OCH3 is 1. The predicted molar refractivity (Wildman–Crippen MR) is 82.4 cm³/mol. The summed E-state index contributed by atoms with van der Waals surface area (Å²) in [6.07, 6.45) is 5.39. The first-order valence-electron chi connectivity index (χ1n) is 5.86. The lowest BCUT2D eigenvalue weighted by Crippen LogP contribution is -2.00. The number of terminal acetylenes is 1. The molecule has 0 fully saturated rings. The molecule has 0 aromatic heterocycles. The number of hydrogen-bond donors (Lipinski definition) is 1. The zero-order chi connectivity index (χ0) is 13.7. The Balaban J connectivity index is 2.12. The van der Waals surface area contributed by atoms with Crippen LogP contribution in [0.3, 0.4) is 0 Å². The SMILES string of the molecule is C#Cc1cccc(NCc2cc(OC)ccc2Br)c1. The van der Waals surface area contributed by atoms with E-state index in [4.69, 9.17) is 11.2 Å². The van der Waals surface area contributed by atoms with Gasteiger partial charge in [-0.05, 0) is 42.0 Å². The smallest absolute Gasteiger partial charge is 0.119 e. The molecule has 0 atom stereocenters. The molecule has 0 aliphatic rings. The second-order valence-corrected chi connectivity index (χ2v) is 4.89. The lowest BCUT2D eigenvalue weighted by Gasteiger charge is -2.10. The van der Waals surface area contributed by atoms with E-state index in [1.807, 2.05) is 42.5 Å². The van der Waals surface area contributed by atoms with Crippen LogP contribution in [-0.2, 0) is 6.54 Å². The van der Waals surface area contributed by atoms with Gasteiger partial charge in [0.25, 0.3) is 0 Å². The van der Waals surface area contributed by atoms with E-state index >= 15 is 0 Å². The van der Waals surface area contributed by atoms with E-state index in [2.05, 4.69) is 27.2 Å². The van der Waals surface area contributed by atoms with Crippen molar-refractivity contribution in [1.29, 1.82) is 0 Å². The summed E-state index contributed by atoms with van der Waals surface area (Å²) >= 11 is 3.53. The molecular weight excluding hydrogens is 302 g/mol. The van der Waals surface area contributed by atoms with Crippen LogP contribution < -0.4 is 10.1 Å². The lowest BCUT2D eigenvalue weighted by atomic mass is 10.2. The largest absolute Gasteiger partial charge is 0.497 e. The molecule has 0 amide bonds. The first-order valence-corrected chi connectivity index (χ1v) is 6.65. The molecule has 19 heavy (non-hydrogen) atoms. The van der Waals surface area contributed by atoms with Crippen LogP contribution >= 0.6 is 15.9 Å². The van der Waals surface area contributed by atoms with Gasteiger partial charge in [0.2, 0.25) is 0 Å². The van der Waals surface area contributed by atoms with Gasteiger partial charge in [-0.2, -0.15) is 0 Å². The molecule has 0 bridgehead atoms. The van der Waals surface area contributed by atoms with Crippen molar-refractivity contribution in [3.63, 3.8) is 0 Å². The molecule has 3 heteroatoms. The molecule has 0 saturated carbocycles. The van der Waals surface area contributed by atoms with Crippen LogP contribution in [0.4, 0.5) is 5.69 Å². The summed E-state index contributed by atoms with van der Waals surface area (Å²) < 4.78 is 6.27. The van der Waals surface area contributed by atoms with Gasteiger partial charge in [-0.25, -0.2) is 0 Å². The average molecular weight is 316 g/mol. The number of rotatable bonds is 4. The molecule has 2 aromatic carbocycles. The Morgan fingerprint density at radius 3 is 2.84 bits per heavy atom. The fraction of sp³-hybridized carbons (Fsp3) is 0.125. The summed E-state index contributed by atoms with van der Waals surface area (Å²) in [6, 6.07) is 13.7. The predicted octanol–water partition coefficient (Wildman–Crippen LogP) is 4.05. The van der Waals surface area contributed by atoms with Gasteiger partial charge >= 0.3 is 0 Å². The molecule has 0 radical (unpaired) electrons. The zero-order valence-electron chi connectivity index (χ0n) is 10.6. The topological polar surface area (TPSA) is 21.3 Å². The second kappa shape index (κ2) is 6.31. The highest BCUT2D eigenvalue weighted by atomic mass is 79.9. The summed E-state index contributed by atoms with van der Waals surface area (Å²) in [7, 11) is 1.66. The lowest BCUT2D eigenvalue weighted by molar-refractivity contribution is 0.414. The van der Waals surface area contributed by atoms with Gasteiger partial charge in [-0.3, -0.25) is 0 Å². The van der Waals surface area contributed by atoms with Gasteiger partial charge < -0.3 is 10.1 Å². The van der Waals surface area contributed by atoms with E-state index in [0.29, 0.717) is 6.54 Å². The van der Waals surface area contributed by atoms with Gasteiger partial charge in [0.05, 0.1) is 7.11 Å². The quantitative estimate of drug-likeness (QED) is 0.859. The number of benzene rings is 2. The minimum atomic E-state index is 0.700. The highest BCUT2D eigenvalue weighted by Crippen LogP contribution is 2.23. The van der Waals surface area contributed by atoms with Crippen LogP contribution in [0.15, 0.2) is 46.9 Å². The highest BCUT2D eigenvalue weighted by Gasteiger charge is 2.02. The Bertz CT molecular complexity index is 616. The Labute approximate surface area is 121 Å². The van der Waals surface area contributed by atoms with Crippen molar-refractivity contribution in [3.8, 4) is 18.1 Å². The normalized spacial score (nSPS) is 9.74. The summed E-state index contributed by atoms with van der Waals surface area (Å²) in [5.74, 6) is 3.47. The van der Waals surface area contributed by atoms with E-state index < -0.39 is 0 Å². The monoisotopic (exact) mass is 315 g/mol. The van der Waals surface area contributed by atoms with Crippen molar-refractivity contribution in [2.75, 3.05) is 12.4 Å². The van der Waals surface area contributed by atoms with Crippen LogP contribution in [0, 0.1) is 12.3 Å². The van der Waals surface area contributed by atoms with Gasteiger partial charge in [0.15, 0.2) is 0 Å². The molecule has 2 nitrogen and oxygen atoms in total. The highest BCUT2D eigenvalue weighted by molar-refractivity contribution is 9.10. The molecule has 1 N–H and O–H groups in total. The first-order chi connectivity index (χ1) is 9.22. The van der Waals surface area contributed by atoms with Gasteiger partial charge in [0, 0.05) is 22.3 Å². The van der Waals surface area contributed by atoms with Crippen molar-refractivity contribution < 1.29 is 4.74 Å². The Hall–Kier alpha value is -1.92. The van der Waals surface area contributed by atoms with E-state index in [9.17, 15) is 0 Å². The van der Waals surface area contributed by atoms with E-state index in [1.165, 1.54) is 0 Å². The van der Waals surface area contributed by atoms with Crippen molar-refractivity contribution in [3.05, 3.63) is 58.1 Å². The van der Waals surface area contributed by atoms with Gasteiger partial charge in [-0.1, -0.05) is 27.9 Å². The maximum Gasteiger partial charge on any atom is 0.119 e. The van der Waals surface area contributed by atoms with Crippen molar-refractivity contribution in [2.45, 2.75) is 6.54 Å². The molecular formula is C16H14BrNO. The van der Waals surface area contributed by atoms with Gasteiger partial charge in [-0.15, -0.1) is 6.42 Å². The molecule has 96 valence electrons. The zero-order valence-corrected chi connectivity index (χ0v) is 12.2. The molecule has 0 unspecified atom stereocenters. The Morgan fingerprint density at radius 2 is 2.11 bits per heavy atom. The van der Waals surface area contributed by atoms with Crippen LogP contribution in [0.5, 0.6) is 5.75 Å². The summed E-state index contributed by atoms with van der Waals surface area (Å²) in [5, 5.41) is 3.35. The third kappa shape index (κ3) is 3.52. The first kappa shape index (κ1) is 13.5. The molecule has 0 spiro atoms. The fourth-order valence-electron chi connectivity index (χ4n) is 1.73. The number of nitrogens with one attached hydrogen (secondary N) is 1. The maximum absolute atomic E-state index is 5.39. The van der Waals surface area contributed by atoms with Crippen molar-refractivity contribution in [1.82, 2.24) is 0 Å². The molecule has 0 saturated heterocycles. The summed E-state index contributed by atoms with van der Waals surface area (Å²) in [5.41, 5.74) is 3.00. The fourth-order valence-corrected chi connectivity index (χ4v) is 2.12. The van der Waals surface area contributed by atoms with Gasteiger partial charge in [0.1, 0.15) is 5.75 Å². The van der Waals surface area contributed by atoms with Crippen LogP contribution in [0.25, 0.3) is 0 Å². The molecule has 0 aliphatic heterocycles. The van der Waals surface area contributed by atoms with Crippen molar-refractivity contribution >= 4 is 21.6 Å². The molecule has 2 aromatic rings. The minimum absolute atomic E-state index is 0.700. The number of ether oxygens (including phenoxy) is 1. The van der Waals surface area contributed by atoms with Crippen LogP contribution in [0.1, 0.15) is 11.1 Å².